The summed E-state index contributed by atoms with van der Waals surface area (Å²) in [5, 5.41) is 10.8. The van der Waals surface area contributed by atoms with Crippen LogP contribution in [0.1, 0.15) is 34.1 Å². The normalized spacial score (nSPS) is 46.1. The summed E-state index contributed by atoms with van der Waals surface area (Å²) in [6, 6.07) is 0. The van der Waals surface area contributed by atoms with Crippen molar-refractivity contribution in [2.75, 3.05) is 20.5 Å². The lowest BCUT2D eigenvalue weighted by molar-refractivity contribution is -0.241. The molecule has 1 aliphatic carbocycles. The number of hydrogen-bond acceptors (Lipinski definition) is 7. The molecule has 1 spiro atoms. The number of fused-ring (bicyclic) bond motifs is 1. The Balaban J connectivity index is 1.86. The minimum absolute atomic E-state index is 0.147. The topological polar surface area (TPSA) is 75.6 Å². The van der Waals surface area contributed by atoms with Crippen molar-refractivity contribution in [3.05, 3.63) is 0 Å². The van der Waals surface area contributed by atoms with Crippen molar-refractivity contribution < 1.29 is 33.5 Å². The van der Waals surface area contributed by atoms with E-state index in [1.54, 1.807) is 7.11 Å². The smallest absolute Gasteiger partial charge is 0.164 e. The average Bonchev–Trinajstić information content (AvgIpc) is 2.90. The van der Waals surface area contributed by atoms with Crippen LogP contribution in [0.2, 0.25) is 0 Å². The van der Waals surface area contributed by atoms with Gasteiger partial charge >= 0.3 is 0 Å². The lowest BCUT2D eigenvalue weighted by atomic mass is 9.77. The number of ether oxygens (including phenoxy) is 6. The summed E-state index contributed by atoms with van der Waals surface area (Å²) in [6.45, 7) is 7.76. The van der Waals surface area contributed by atoms with Crippen LogP contribution in [0.25, 0.3) is 0 Å². The van der Waals surface area contributed by atoms with E-state index in [4.69, 9.17) is 28.4 Å². The zero-order valence-electron chi connectivity index (χ0n) is 13.8. The summed E-state index contributed by atoms with van der Waals surface area (Å²) in [7, 11) is 1.57. The van der Waals surface area contributed by atoms with Crippen molar-refractivity contribution in [1.29, 1.82) is 0 Å². The van der Waals surface area contributed by atoms with E-state index < -0.39 is 29.4 Å². The Morgan fingerprint density at radius 3 is 2.36 bits per heavy atom. The lowest BCUT2D eigenvalue weighted by Gasteiger charge is -2.45. The molecule has 0 unspecified atom stereocenters. The van der Waals surface area contributed by atoms with Gasteiger partial charge in [-0.05, 0) is 27.7 Å². The second-order valence-electron chi connectivity index (χ2n) is 7.18. The highest BCUT2D eigenvalue weighted by molar-refractivity contribution is 5.10. The maximum absolute atomic E-state index is 10.8. The molecule has 1 saturated carbocycles. The van der Waals surface area contributed by atoms with Gasteiger partial charge in [-0.2, -0.15) is 0 Å². The first-order valence-corrected chi connectivity index (χ1v) is 7.66. The van der Waals surface area contributed by atoms with Crippen molar-refractivity contribution in [2.24, 2.45) is 0 Å². The zero-order valence-corrected chi connectivity index (χ0v) is 13.8. The Bertz CT molecular complexity index is 424. The van der Waals surface area contributed by atoms with E-state index in [1.807, 2.05) is 27.7 Å². The first-order valence-electron chi connectivity index (χ1n) is 7.66. The summed E-state index contributed by atoms with van der Waals surface area (Å²) < 4.78 is 34.3. The van der Waals surface area contributed by atoms with E-state index in [1.165, 1.54) is 0 Å². The van der Waals surface area contributed by atoms with Gasteiger partial charge in [0.25, 0.3) is 0 Å². The van der Waals surface area contributed by atoms with Crippen molar-refractivity contribution in [3.63, 3.8) is 0 Å². The molecule has 2 aliphatic heterocycles. The Morgan fingerprint density at radius 1 is 1.09 bits per heavy atom. The molecule has 1 N–H and O–H groups in total. The summed E-state index contributed by atoms with van der Waals surface area (Å²) in [6.07, 6.45) is -1.57. The van der Waals surface area contributed by atoms with Gasteiger partial charge < -0.3 is 33.5 Å². The fraction of sp³-hybridized carbons (Fsp3) is 1.00. The van der Waals surface area contributed by atoms with Gasteiger partial charge in [0, 0.05) is 13.5 Å². The molecular weight excluding hydrogens is 292 g/mol. The van der Waals surface area contributed by atoms with Crippen molar-refractivity contribution in [2.45, 2.75) is 75.7 Å². The van der Waals surface area contributed by atoms with E-state index >= 15 is 0 Å². The molecule has 7 heteroatoms. The summed E-state index contributed by atoms with van der Waals surface area (Å²) in [5.41, 5.74) is -0.854. The van der Waals surface area contributed by atoms with E-state index in [-0.39, 0.29) is 19.0 Å². The largest absolute Gasteiger partial charge is 0.387 e. The number of methoxy groups -OCH3 is 1. The molecule has 22 heavy (non-hydrogen) atoms. The molecule has 3 aliphatic rings. The van der Waals surface area contributed by atoms with Gasteiger partial charge in [-0.1, -0.05) is 0 Å². The van der Waals surface area contributed by atoms with Crippen LogP contribution in [0, 0.1) is 0 Å². The monoisotopic (exact) mass is 318 g/mol. The molecule has 3 rings (SSSR count). The van der Waals surface area contributed by atoms with Gasteiger partial charge in [-0.25, -0.2) is 0 Å². The molecule has 0 radical (unpaired) electrons. The molecule has 128 valence electrons. The second-order valence-corrected chi connectivity index (χ2v) is 7.18. The van der Waals surface area contributed by atoms with Crippen LogP contribution in [0.15, 0.2) is 0 Å². The molecule has 0 aromatic rings. The maximum atomic E-state index is 10.8. The van der Waals surface area contributed by atoms with Crippen LogP contribution in [0.4, 0.5) is 0 Å². The van der Waals surface area contributed by atoms with E-state index in [0.29, 0.717) is 13.0 Å². The number of hydrogen-bond donors (Lipinski definition) is 1. The van der Waals surface area contributed by atoms with E-state index in [0.717, 1.165) is 0 Å². The third kappa shape index (κ3) is 2.80. The third-order valence-corrected chi connectivity index (χ3v) is 4.44. The Hall–Kier alpha value is -0.280. The first kappa shape index (κ1) is 16.6. The number of aliphatic hydroxyl groups is 1. The zero-order chi connectivity index (χ0) is 16.2. The lowest BCUT2D eigenvalue weighted by Crippen LogP contribution is -2.63. The van der Waals surface area contributed by atoms with Gasteiger partial charge in [-0.15, -0.1) is 0 Å². The van der Waals surface area contributed by atoms with Crippen LogP contribution in [-0.4, -0.2) is 67.2 Å². The molecule has 0 aromatic carbocycles. The van der Waals surface area contributed by atoms with E-state index in [9.17, 15) is 5.11 Å². The molecule has 5 atom stereocenters. The fourth-order valence-corrected chi connectivity index (χ4v) is 3.63. The van der Waals surface area contributed by atoms with Crippen LogP contribution >= 0.6 is 0 Å². The van der Waals surface area contributed by atoms with Crippen LogP contribution in [0.3, 0.4) is 0 Å². The SMILES string of the molecule is COCO[C@@H]1C[C@]2(COC(C)(C)O2)[C@@H](O)[C@@H]2OC(C)(C)O[C@@H]21. The molecule has 0 amide bonds. The minimum atomic E-state index is -0.854. The minimum Gasteiger partial charge on any atom is -0.387 e. The average molecular weight is 318 g/mol. The van der Waals surface area contributed by atoms with Crippen LogP contribution < -0.4 is 0 Å². The summed E-state index contributed by atoms with van der Waals surface area (Å²) in [5.74, 6) is -1.51. The number of rotatable bonds is 3. The summed E-state index contributed by atoms with van der Waals surface area (Å²) >= 11 is 0. The predicted molar refractivity (Wildman–Crippen MR) is 75.0 cm³/mol. The second kappa shape index (κ2) is 5.37. The van der Waals surface area contributed by atoms with Crippen molar-refractivity contribution in [1.82, 2.24) is 0 Å². The van der Waals surface area contributed by atoms with Gasteiger partial charge in [0.15, 0.2) is 11.6 Å². The van der Waals surface area contributed by atoms with E-state index in [2.05, 4.69) is 0 Å². The van der Waals surface area contributed by atoms with Crippen LogP contribution in [-0.2, 0) is 28.4 Å². The Kier molecular flexibility index (Phi) is 4.05. The molecule has 0 aromatic heterocycles. The van der Waals surface area contributed by atoms with Crippen molar-refractivity contribution >= 4 is 0 Å². The summed E-state index contributed by atoms with van der Waals surface area (Å²) in [4.78, 5) is 0. The highest BCUT2D eigenvalue weighted by Gasteiger charge is 2.64. The van der Waals surface area contributed by atoms with Gasteiger partial charge in [0.1, 0.15) is 30.7 Å². The Labute approximate surface area is 130 Å². The quantitative estimate of drug-likeness (QED) is 0.771. The Morgan fingerprint density at radius 2 is 1.77 bits per heavy atom. The maximum Gasteiger partial charge on any atom is 0.164 e. The first-order chi connectivity index (χ1) is 10.2. The molecular formula is C15H26O7. The van der Waals surface area contributed by atoms with Gasteiger partial charge in [0.2, 0.25) is 0 Å². The molecule has 3 fully saturated rings. The fourth-order valence-electron chi connectivity index (χ4n) is 3.63. The molecule has 7 nitrogen and oxygen atoms in total. The van der Waals surface area contributed by atoms with Crippen LogP contribution in [0.5, 0.6) is 0 Å². The predicted octanol–water partition coefficient (Wildman–Crippen LogP) is 0.782. The van der Waals surface area contributed by atoms with Gasteiger partial charge in [0.05, 0.1) is 12.7 Å². The molecule has 0 bridgehead atoms. The molecule has 2 saturated heterocycles. The standard InChI is InChI=1S/C15H26O7/c1-13(2)19-7-15(22-13)6-9(18-8-17-5)10-11(12(15)16)21-14(3,4)20-10/h9-12,16H,6-8H2,1-5H3/t9-,10-,11-,12+,15+/m1/s1. The third-order valence-electron chi connectivity index (χ3n) is 4.44. The molecule has 2 heterocycles. The highest BCUT2D eigenvalue weighted by Crippen LogP contribution is 2.47. The van der Waals surface area contributed by atoms with Gasteiger partial charge in [-0.3, -0.25) is 0 Å². The van der Waals surface area contributed by atoms with Crippen molar-refractivity contribution in [3.8, 4) is 0 Å². The number of aliphatic hydroxyl groups excluding tert-OH is 1. The highest BCUT2D eigenvalue weighted by atomic mass is 16.8.